The molecule has 0 radical (unpaired) electrons. The van der Waals surface area contributed by atoms with Crippen molar-refractivity contribution in [3.05, 3.63) is 61.4 Å². The first kappa shape index (κ1) is 16.4. The van der Waals surface area contributed by atoms with Crippen LogP contribution in [-0.4, -0.2) is 16.1 Å². The molecule has 3 aromatic heterocycles. The number of nitrogens with zero attached hydrogens (tertiary/aromatic N) is 2. The van der Waals surface area contributed by atoms with Gasteiger partial charge in [-0.15, -0.1) is 22.7 Å². The van der Waals surface area contributed by atoms with Crippen LogP contribution in [0.15, 0.2) is 43.0 Å². The molecule has 0 atom stereocenters. The predicted molar refractivity (Wildman–Crippen MR) is 91.9 cm³/mol. The molecular weight excluding hydrogens is 375 g/mol. The van der Waals surface area contributed by atoms with E-state index < -0.39 is 0 Å². The Morgan fingerprint density at radius 2 is 1.61 bits per heavy atom. The molecule has 3 heterocycles. The highest BCUT2D eigenvalue weighted by atomic mass is 35.5. The van der Waals surface area contributed by atoms with Crippen LogP contribution in [0.4, 0.5) is 0 Å². The summed E-state index contributed by atoms with van der Waals surface area (Å²) in [7, 11) is 0. The Bertz CT molecular complexity index is 798. The quantitative estimate of drug-likeness (QED) is 0.475. The molecule has 118 valence electrons. The van der Waals surface area contributed by atoms with Crippen LogP contribution in [0.1, 0.15) is 19.3 Å². The Kier molecular flexibility index (Phi) is 4.96. The van der Waals surface area contributed by atoms with E-state index in [4.69, 9.17) is 23.2 Å². The second-order valence-electron chi connectivity index (χ2n) is 4.81. The Morgan fingerprint density at radius 1 is 1.00 bits per heavy atom. The zero-order valence-electron chi connectivity index (χ0n) is 11.7. The number of Topliss-reactive ketones (excluding diaryl/α,β-unsaturated/α-hetero) is 2. The van der Waals surface area contributed by atoms with Gasteiger partial charge in [0.15, 0.2) is 13.1 Å². The number of hydrogen-bond donors (Lipinski definition) is 0. The minimum absolute atomic E-state index is 0.0129. The molecule has 0 N–H and O–H groups in total. The first-order chi connectivity index (χ1) is 11.0. The van der Waals surface area contributed by atoms with E-state index in [1.165, 1.54) is 22.7 Å². The number of imidazole rings is 1. The summed E-state index contributed by atoms with van der Waals surface area (Å²) in [6.45, 7) is 0.422. The summed E-state index contributed by atoms with van der Waals surface area (Å²) >= 11 is 14.2. The molecule has 0 fully saturated rings. The van der Waals surface area contributed by atoms with E-state index in [0.29, 0.717) is 18.4 Å². The molecule has 23 heavy (non-hydrogen) atoms. The summed E-state index contributed by atoms with van der Waals surface area (Å²) in [6, 6.07) is 6.86. The summed E-state index contributed by atoms with van der Waals surface area (Å²) in [4.78, 5) is 25.5. The van der Waals surface area contributed by atoms with Crippen molar-refractivity contribution in [1.29, 1.82) is 0 Å². The standard InChI is InChI=1S/C15H11Cl2N2O2S2/c16-14-3-1-12(22-14)10(20)7-18-5-6-19(9-18)8-11(21)13-2-4-15(17)23-13/h1-6,9H,7-8H2/q+1. The average molecular weight is 386 g/mol. The van der Waals surface area contributed by atoms with E-state index in [-0.39, 0.29) is 24.7 Å². The largest absolute Gasteiger partial charge is 0.289 e. The molecule has 3 aromatic rings. The van der Waals surface area contributed by atoms with Gasteiger partial charge in [-0.3, -0.25) is 9.59 Å². The maximum Gasteiger partial charge on any atom is 0.244 e. The average Bonchev–Trinajstić information content (AvgIpc) is 3.21. The summed E-state index contributed by atoms with van der Waals surface area (Å²) in [5.74, 6) is -0.0259. The minimum Gasteiger partial charge on any atom is -0.289 e. The lowest BCUT2D eigenvalue weighted by atomic mass is 10.3. The number of aromatic nitrogens is 2. The van der Waals surface area contributed by atoms with E-state index in [2.05, 4.69) is 0 Å². The van der Waals surface area contributed by atoms with Crippen LogP contribution in [0.3, 0.4) is 0 Å². The third kappa shape index (κ3) is 4.09. The maximum atomic E-state index is 12.1. The highest BCUT2D eigenvalue weighted by Crippen LogP contribution is 2.22. The van der Waals surface area contributed by atoms with Crippen LogP contribution < -0.4 is 4.57 Å². The number of hydrogen-bond acceptors (Lipinski definition) is 4. The number of ketones is 2. The van der Waals surface area contributed by atoms with Gasteiger partial charge in [-0.05, 0) is 24.3 Å². The first-order valence-corrected chi connectivity index (χ1v) is 9.02. The van der Waals surface area contributed by atoms with Crippen LogP contribution >= 0.6 is 45.9 Å². The topological polar surface area (TPSA) is 43.0 Å². The molecule has 4 nitrogen and oxygen atoms in total. The van der Waals surface area contributed by atoms with Crippen molar-refractivity contribution in [2.75, 3.05) is 0 Å². The van der Waals surface area contributed by atoms with Gasteiger partial charge < -0.3 is 0 Å². The lowest BCUT2D eigenvalue weighted by Crippen LogP contribution is -2.35. The number of rotatable bonds is 6. The molecule has 8 heteroatoms. The minimum atomic E-state index is -0.0129. The third-order valence-electron chi connectivity index (χ3n) is 3.09. The van der Waals surface area contributed by atoms with Gasteiger partial charge in [0.25, 0.3) is 0 Å². The lowest BCUT2D eigenvalue weighted by Gasteiger charge is -1.95. The number of halogens is 2. The van der Waals surface area contributed by atoms with Crippen molar-refractivity contribution in [2.24, 2.45) is 0 Å². The molecule has 0 amide bonds. The van der Waals surface area contributed by atoms with Crippen LogP contribution in [-0.2, 0) is 13.1 Å². The zero-order valence-corrected chi connectivity index (χ0v) is 14.9. The Hall–Kier alpha value is -1.47. The van der Waals surface area contributed by atoms with E-state index in [0.717, 1.165) is 0 Å². The van der Waals surface area contributed by atoms with Crippen molar-refractivity contribution in [3.63, 3.8) is 0 Å². The fourth-order valence-corrected chi connectivity index (χ4v) is 3.99. The number of thiophene rings is 2. The van der Waals surface area contributed by atoms with E-state index in [1.807, 2.05) is 0 Å². The van der Waals surface area contributed by atoms with Crippen molar-refractivity contribution in [2.45, 2.75) is 13.1 Å². The van der Waals surface area contributed by atoms with E-state index in [1.54, 1.807) is 52.1 Å². The molecular formula is C15H11Cl2N2O2S2+. The molecule has 0 bridgehead atoms. The first-order valence-electron chi connectivity index (χ1n) is 6.63. The predicted octanol–water partition coefficient (Wildman–Crippen LogP) is 3.97. The molecule has 0 saturated carbocycles. The molecule has 3 rings (SSSR count). The monoisotopic (exact) mass is 385 g/mol. The molecule has 0 aliphatic heterocycles. The number of carbonyl (C=O) groups is 2. The zero-order chi connectivity index (χ0) is 16.4. The molecule has 0 aromatic carbocycles. The van der Waals surface area contributed by atoms with Crippen LogP contribution in [0.5, 0.6) is 0 Å². The van der Waals surface area contributed by atoms with Gasteiger partial charge in [-0.1, -0.05) is 23.2 Å². The molecule has 0 spiro atoms. The fraction of sp³-hybridized carbons (Fsp3) is 0.133. The van der Waals surface area contributed by atoms with Crippen LogP contribution in [0.2, 0.25) is 8.67 Å². The van der Waals surface area contributed by atoms with Gasteiger partial charge >= 0.3 is 0 Å². The van der Waals surface area contributed by atoms with Gasteiger partial charge in [-0.25, -0.2) is 9.13 Å². The summed E-state index contributed by atoms with van der Waals surface area (Å²) in [6.07, 6.45) is 5.27. The Balaban J connectivity index is 1.64. The lowest BCUT2D eigenvalue weighted by molar-refractivity contribution is -0.682. The van der Waals surface area contributed by atoms with E-state index in [9.17, 15) is 9.59 Å². The summed E-state index contributed by atoms with van der Waals surface area (Å²) in [5, 5.41) is 0. The van der Waals surface area contributed by atoms with Crippen LogP contribution in [0, 0.1) is 0 Å². The Morgan fingerprint density at radius 3 is 2.17 bits per heavy atom. The molecule has 0 saturated heterocycles. The van der Waals surface area contributed by atoms with Gasteiger partial charge in [0.1, 0.15) is 12.4 Å². The van der Waals surface area contributed by atoms with E-state index >= 15 is 0 Å². The molecule has 0 aliphatic carbocycles. The SMILES string of the molecule is O=C(Cn1cc[n+](CC(=O)c2ccc(Cl)s2)c1)c1ccc(Cl)s1. The van der Waals surface area contributed by atoms with Crippen molar-refractivity contribution in [1.82, 2.24) is 4.57 Å². The Labute approximate surface area is 150 Å². The van der Waals surface area contributed by atoms with Crippen molar-refractivity contribution < 1.29 is 14.2 Å². The second kappa shape index (κ2) is 6.97. The van der Waals surface area contributed by atoms with Gasteiger partial charge in [-0.2, -0.15) is 0 Å². The third-order valence-corrected chi connectivity index (χ3v) is 5.64. The highest BCUT2D eigenvalue weighted by molar-refractivity contribution is 7.18. The smallest absolute Gasteiger partial charge is 0.244 e. The summed E-state index contributed by atoms with van der Waals surface area (Å²) in [5.41, 5.74) is 0. The van der Waals surface area contributed by atoms with Crippen molar-refractivity contribution in [3.8, 4) is 0 Å². The molecule has 0 unspecified atom stereocenters. The summed E-state index contributed by atoms with van der Waals surface area (Å²) < 4.78 is 4.67. The molecule has 0 aliphatic rings. The second-order valence-corrected chi connectivity index (χ2v) is 8.24. The highest BCUT2D eigenvalue weighted by Gasteiger charge is 2.16. The van der Waals surface area contributed by atoms with Gasteiger partial charge in [0, 0.05) is 0 Å². The number of carbonyl (C=O) groups excluding carboxylic acids is 2. The maximum absolute atomic E-state index is 12.1. The fourth-order valence-electron chi connectivity index (χ4n) is 2.04. The van der Waals surface area contributed by atoms with Crippen molar-refractivity contribution >= 4 is 57.4 Å². The van der Waals surface area contributed by atoms with Crippen LogP contribution in [0.25, 0.3) is 0 Å². The van der Waals surface area contributed by atoms with Gasteiger partial charge in [0.05, 0.1) is 18.4 Å². The normalized spacial score (nSPS) is 10.9. The van der Waals surface area contributed by atoms with Gasteiger partial charge in [0.2, 0.25) is 17.9 Å².